The van der Waals surface area contributed by atoms with Gasteiger partial charge in [-0.1, -0.05) is 13.8 Å². The Hall–Kier alpha value is -0.940. The van der Waals surface area contributed by atoms with Crippen LogP contribution in [0.15, 0.2) is 0 Å². The summed E-state index contributed by atoms with van der Waals surface area (Å²) in [5, 5.41) is 3.44. The molecule has 0 aromatic rings. The largest absolute Gasteiger partial charge is 0.306 e. The fraction of sp³-hybridized carbons (Fsp3) is 0.867. The lowest BCUT2D eigenvalue weighted by molar-refractivity contribution is -0.141. The molecule has 0 saturated carbocycles. The Kier molecular flexibility index (Phi) is 4.81. The van der Waals surface area contributed by atoms with Gasteiger partial charge in [-0.2, -0.15) is 0 Å². The second-order valence-electron chi connectivity index (χ2n) is 6.42. The van der Waals surface area contributed by atoms with Gasteiger partial charge >= 0.3 is 0 Å². The number of imide groups is 1. The monoisotopic (exact) mass is 281 g/mol. The van der Waals surface area contributed by atoms with E-state index < -0.39 is 0 Å². The first-order valence-corrected chi connectivity index (χ1v) is 7.74. The summed E-state index contributed by atoms with van der Waals surface area (Å²) in [5.41, 5.74) is 0. The van der Waals surface area contributed by atoms with Crippen LogP contribution in [-0.4, -0.2) is 59.9 Å². The molecule has 0 bridgehead atoms. The van der Waals surface area contributed by atoms with Gasteiger partial charge in [-0.3, -0.25) is 14.5 Å². The van der Waals surface area contributed by atoms with Crippen LogP contribution in [0.4, 0.5) is 0 Å². The first-order chi connectivity index (χ1) is 9.43. The van der Waals surface area contributed by atoms with Gasteiger partial charge in [0.05, 0.1) is 12.5 Å². The van der Waals surface area contributed by atoms with Crippen LogP contribution in [0.3, 0.4) is 0 Å². The molecule has 0 aromatic carbocycles. The van der Waals surface area contributed by atoms with E-state index in [-0.39, 0.29) is 23.9 Å². The van der Waals surface area contributed by atoms with Crippen LogP contribution in [0.5, 0.6) is 0 Å². The quantitative estimate of drug-likeness (QED) is 0.776. The highest BCUT2D eigenvalue weighted by molar-refractivity contribution is 6.05. The molecule has 4 unspecified atom stereocenters. The summed E-state index contributed by atoms with van der Waals surface area (Å²) in [6.07, 6.45) is 2.18. The number of carbonyl (C=O) groups is 2. The molecule has 2 aliphatic heterocycles. The zero-order chi connectivity index (χ0) is 14.9. The molecule has 0 radical (unpaired) electrons. The van der Waals surface area contributed by atoms with E-state index >= 15 is 0 Å². The molecule has 4 atom stereocenters. The molecule has 5 heteroatoms. The molecule has 0 aromatic heterocycles. The van der Waals surface area contributed by atoms with Crippen molar-refractivity contribution in [3.8, 4) is 0 Å². The maximum Gasteiger partial charge on any atom is 0.247 e. The second kappa shape index (κ2) is 6.22. The molecule has 2 fully saturated rings. The summed E-state index contributed by atoms with van der Waals surface area (Å²) in [4.78, 5) is 28.2. The highest BCUT2D eigenvalue weighted by Gasteiger charge is 2.42. The number of hydrogen-bond acceptors (Lipinski definition) is 4. The van der Waals surface area contributed by atoms with Crippen LogP contribution < -0.4 is 5.32 Å². The number of likely N-dealkylation sites (tertiary alicyclic amines) is 2. The number of rotatable bonds is 4. The summed E-state index contributed by atoms with van der Waals surface area (Å²) in [7, 11) is 2.13. The van der Waals surface area contributed by atoms with Crippen molar-refractivity contribution in [1.82, 2.24) is 15.1 Å². The molecule has 0 aliphatic carbocycles. The average molecular weight is 281 g/mol. The molecular weight excluding hydrogens is 254 g/mol. The highest BCUT2D eigenvalue weighted by atomic mass is 16.2. The van der Waals surface area contributed by atoms with E-state index in [0.29, 0.717) is 18.4 Å². The van der Waals surface area contributed by atoms with E-state index in [1.54, 1.807) is 0 Å². The number of carbonyl (C=O) groups excluding carboxylic acids is 2. The third-order valence-corrected chi connectivity index (χ3v) is 4.74. The summed E-state index contributed by atoms with van der Waals surface area (Å²) in [5.74, 6) is 0.451. The standard InChI is InChI=1S/C15H27N3O2/c1-5-11(3)18-14(19)8-13(15(18)20)16-12-6-7-17(4)9-10(12)2/h10-13,16H,5-9H2,1-4H3. The van der Waals surface area contributed by atoms with E-state index in [9.17, 15) is 9.59 Å². The van der Waals surface area contributed by atoms with Gasteiger partial charge in [0.15, 0.2) is 0 Å². The Balaban J connectivity index is 1.97. The van der Waals surface area contributed by atoms with Crippen LogP contribution in [0.1, 0.15) is 40.0 Å². The van der Waals surface area contributed by atoms with Crippen molar-refractivity contribution in [1.29, 1.82) is 0 Å². The Morgan fingerprint density at radius 2 is 2.10 bits per heavy atom. The van der Waals surface area contributed by atoms with E-state index in [0.717, 1.165) is 25.9 Å². The van der Waals surface area contributed by atoms with Gasteiger partial charge in [0.2, 0.25) is 11.8 Å². The third kappa shape index (κ3) is 3.04. The molecule has 20 heavy (non-hydrogen) atoms. The van der Waals surface area contributed by atoms with Gasteiger partial charge < -0.3 is 10.2 Å². The van der Waals surface area contributed by atoms with Crippen LogP contribution in [0.25, 0.3) is 0 Å². The fourth-order valence-corrected chi connectivity index (χ4v) is 3.29. The Morgan fingerprint density at radius 1 is 1.40 bits per heavy atom. The van der Waals surface area contributed by atoms with Gasteiger partial charge in [-0.15, -0.1) is 0 Å². The van der Waals surface area contributed by atoms with Gasteiger partial charge in [-0.25, -0.2) is 0 Å². The SMILES string of the molecule is CCC(C)N1C(=O)CC(NC2CCN(C)CC2C)C1=O. The molecule has 2 heterocycles. The summed E-state index contributed by atoms with van der Waals surface area (Å²) in [6.45, 7) is 8.25. The average Bonchev–Trinajstić information content (AvgIpc) is 2.67. The fourth-order valence-electron chi connectivity index (χ4n) is 3.29. The molecule has 5 nitrogen and oxygen atoms in total. The summed E-state index contributed by atoms with van der Waals surface area (Å²) < 4.78 is 0. The number of nitrogens with zero attached hydrogens (tertiary/aromatic N) is 2. The van der Waals surface area contributed by atoms with E-state index in [4.69, 9.17) is 0 Å². The van der Waals surface area contributed by atoms with Gasteiger partial charge in [-0.05, 0) is 39.3 Å². The van der Waals surface area contributed by atoms with Crippen molar-refractivity contribution in [2.24, 2.45) is 5.92 Å². The zero-order valence-electron chi connectivity index (χ0n) is 13.1. The topological polar surface area (TPSA) is 52.7 Å². The number of nitrogens with one attached hydrogen (secondary N) is 1. The van der Waals surface area contributed by atoms with Crippen LogP contribution in [-0.2, 0) is 9.59 Å². The van der Waals surface area contributed by atoms with Gasteiger partial charge in [0, 0.05) is 18.6 Å². The van der Waals surface area contributed by atoms with Gasteiger partial charge in [0.25, 0.3) is 0 Å². The lowest BCUT2D eigenvalue weighted by atomic mass is 9.93. The molecule has 2 amide bonds. The second-order valence-corrected chi connectivity index (χ2v) is 6.42. The Bertz CT molecular complexity index is 385. The Morgan fingerprint density at radius 3 is 2.70 bits per heavy atom. The van der Waals surface area contributed by atoms with Crippen LogP contribution >= 0.6 is 0 Å². The summed E-state index contributed by atoms with van der Waals surface area (Å²) >= 11 is 0. The highest BCUT2D eigenvalue weighted by Crippen LogP contribution is 2.22. The third-order valence-electron chi connectivity index (χ3n) is 4.74. The lowest BCUT2D eigenvalue weighted by Crippen LogP contribution is -2.52. The normalized spacial score (nSPS) is 33.8. The van der Waals surface area contributed by atoms with E-state index in [1.807, 2.05) is 13.8 Å². The Labute approximate surface area is 121 Å². The predicted molar refractivity (Wildman–Crippen MR) is 78.2 cm³/mol. The maximum atomic E-state index is 12.4. The smallest absolute Gasteiger partial charge is 0.247 e. The van der Waals surface area contributed by atoms with Crippen molar-refractivity contribution >= 4 is 11.8 Å². The first-order valence-electron chi connectivity index (χ1n) is 7.74. The van der Waals surface area contributed by atoms with E-state index in [2.05, 4.69) is 24.2 Å². The predicted octanol–water partition coefficient (Wildman–Crippen LogP) is 0.842. The van der Waals surface area contributed by atoms with Crippen LogP contribution in [0.2, 0.25) is 0 Å². The van der Waals surface area contributed by atoms with Crippen molar-refractivity contribution in [3.05, 3.63) is 0 Å². The molecule has 0 spiro atoms. The van der Waals surface area contributed by atoms with Crippen molar-refractivity contribution < 1.29 is 9.59 Å². The zero-order valence-corrected chi connectivity index (χ0v) is 13.1. The number of amides is 2. The van der Waals surface area contributed by atoms with E-state index in [1.165, 1.54) is 4.90 Å². The van der Waals surface area contributed by atoms with Crippen LogP contribution in [0, 0.1) is 5.92 Å². The molecule has 2 rings (SSSR count). The molecule has 2 saturated heterocycles. The van der Waals surface area contributed by atoms with Crippen molar-refractivity contribution in [2.75, 3.05) is 20.1 Å². The van der Waals surface area contributed by atoms with Gasteiger partial charge in [0.1, 0.15) is 0 Å². The summed E-state index contributed by atoms with van der Waals surface area (Å²) in [6, 6.07) is 0.0360. The number of hydrogen-bond donors (Lipinski definition) is 1. The molecule has 1 N–H and O–H groups in total. The molecule has 114 valence electrons. The van der Waals surface area contributed by atoms with Crippen molar-refractivity contribution in [2.45, 2.75) is 58.2 Å². The van der Waals surface area contributed by atoms with Crippen molar-refractivity contribution in [3.63, 3.8) is 0 Å². The minimum Gasteiger partial charge on any atom is -0.306 e. The first kappa shape index (κ1) is 15.4. The lowest BCUT2D eigenvalue weighted by Gasteiger charge is -2.36. The molecule has 2 aliphatic rings. The minimum atomic E-state index is -0.313. The minimum absolute atomic E-state index is 0.0108. The number of piperidine rings is 1. The maximum absolute atomic E-state index is 12.4. The molecular formula is C15H27N3O2.